The molecule has 1 heterocycles. The van der Waals surface area contributed by atoms with E-state index < -0.39 is 0 Å². The molecule has 0 amide bonds. The van der Waals surface area contributed by atoms with E-state index in [0.717, 1.165) is 23.3 Å². The van der Waals surface area contributed by atoms with E-state index in [9.17, 15) is 4.79 Å². The molecule has 1 aliphatic heterocycles. The third kappa shape index (κ3) is 4.38. The van der Waals surface area contributed by atoms with Gasteiger partial charge in [-0.25, -0.2) is 0 Å². The quantitative estimate of drug-likeness (QED) is 0.665. The molecule has 1 fully saturated rings. The molecule has 0 aromatic heterocycles. The summed E-state index contributed by atoms with van der Waals surface area (Å²) in [6.45, 7) is 0. The average Bonchev–Trinajstić information content (AvgIpc) is 3.06. The first kappa shape index (κ1) is 20.4. The highest BCUT2D eigenvalue weighted by molar-refractivity contribution is 8.14. The Morgan fingerprint density at radius 2 is 1.29 bits per heavy atom. The fourth-order valence-electron chi connectivity index (χ4n) is 3.63. The van der Waals surface area contributed by atoms with Crippen molar-refractivity contribution in [2.45, 2.75) is 12.8 Å². The molecule has 0 radical (unpaired) electrons. The van der Waals surface area contributed by atoms with Crippen LogP contribution >= 0.6 is 11.8 Å². The molecule has 1 saturated heterocycles. The molecule has 2 aromatic carbocycles. The molecule has 28 heavy (non-hydrogen) atoms. The van der Waals surface area contributed by atoms with Crippen LogP contribution in [0.5, 0.6) is 23.0 Å². The maximum Gasteiger partial charge on any atom is 0.192 e. The molecular formula is C22H26O5S. The van der Waals surface area contributed by atoms with E-state index in [1.165, 1.54) is 11.8 Å². The zero-order valence-corrected chi connectivity index (χ0v) is 17.5. The molecule has 3 rings (SSSR count). The zero-order chi connectivity index (χ0) is 20.1. The Kier molecular flexibility index (Phi) is 6.73. The van der Waals surface area contributed by atoms with E-state index in [2.05, 4.69) is 0 Å². The molecule has 2 atom stereocenters. The first-order valence-corrected chi connectivity index (χ1v) is 10.2. The Hall–Kier alpha value is -2.34. The molecule has 5 nitrogen and oxygen atoms in total. The predicted molar refractivity (Wildman–Crippen MR) is 111 cm³/mol. The van der Waals surface area contributed by atoms with Gasteiger partial charge >= 0.3 is 0 Å². The third-order valence-electron chi connectivity index (χ3n) is 5.16. The molecule has 0 spiro atoms. The lowest BCUT2D eigenvalue weighted by atomic mass is 9.85. The van der Waals surface area contributed by atoms with E-state index in [1.807, 2.05) is 36.4 Å². The molecular weight excluding hydrogens is 376 g/mol. The molecule has 6 heteroatoms. The second kappa shape index (κ2) is 9.24. The molecule has 150 valence electrons. The molecule has 0 aliphatic carbocycles. The minimum absolute atomic E-state index is 0.0174. The zero-order valence-electron chi connectivity index (χ0n) is 16.7. The van der Waals surface area contributed by atoms with Crippen molar-refractivity contribution in [2.75, 3.05) is 34.2 Å². The SMILES string of the molecule is COc1ccc(C[C@@H]2CSC(=O)[C@H]2Cc2ccc(OC)c(OC)c2)cc1OC. The number of benzene rings is 2. The van der Waals surface area contributed by atoms with Crippen LogP contribution in [0.4, 0.5) is 0 Å². The third-order valence-corrected chi connectivity index (χ3v) is 6.34. The number of rotatable bonds is 8. The molecule has 2 aromatic rings. The number of thioether (sulfide) groups is 1. The Balaban J connectivity index is 1.76. The van der Waals surface area contributed by atoms with Crippen LogP contribution in [0.3, 0.4) is 0 Å². The van der Waals surface area contributed by atoms with Crippen molar-refractivity contribution < 1.29 is 23.7 Å². The minimum atomic E-state index is -0.0174. The first-order chi connectivity index (χ1) is 13.6. The minimum Gasteiger partial charge on any atom is -0.493 e. The Morgan fingerprint density at radius 3 is 1.79 bits per heavy atom. The van der Waals surface area contributed by atoms with Crippen molar-refractivity contribution in [3.8, 4) is 23.0 Å². The van der Waals surface area contributed by atoms with Crippen LogP contribution in [0.25, 0.3) is 0 Å². The summed E-state index contributed by atoms with van der Waals surface area (Å²) in [7, 11) is 6.51. The summed E-state index contributed by atoms with van der Waals surface area (Å²) in [6, 6.07) is 11.8. The van der Waals surface area contributed by atoms with Crippen LogP contribution in [0.15, 0.2) is 36.4 Å². The predicted octanol–water partition coefficient (Wildman–Crippen LogP) is 4.01. The van der Waals surface area contributed by atoms with E-state index in [-0.39, 0.29) is 17.0 Å². The summed E-state index contributed by atoms with van der Waals surface area (Å²) in [4.78, 5) is 12.5. The average molecular weight is 403 g/mol. The van der Waals surface area contributed by atoms with Crippen LogP contribution in [0, 0.1) is 11.8 Å². The van der Waals surface area contributed by atoms with Gasteiger partial charge in [0.15, 0.2) is 28.1 Å². The summed E-state index contributed by atoms with van der Waals surface area (Å²) in [6.07, 6.45) is 1.53. The number of methoxy groups -OCH3 is 4. The number of hydrogen-bond donors (Lipinski definition) is 0. The molecule has 0 unspecified atom stereocenters. The van der Waals surface area contributed by atoms with Gasteiger partial charge in [-0.2, -0.15) is 0 Å². The van der Waals surface area contributed by atoms with Crippen molar-refractivity contribution in [1.82, 2.24) is 0 Å². The highest BCUT2D eigenvalue weighted by Crippen LogP contribution is 2.38. The van der Waals surface area contributed by atoms with Gasteiger partial charge in [0.2, 0.25) is 0 Å². The largest absolute Gasteiger partial charge is 0.493 e. The summed E-state index contributed by atoms with van der Waals surface area (Å²) >= 11 is 1.44. The van der Waals surface area contributed by atoms with Crippen LogP contribution in [0.2, 0.25) is 0 Å². The number of carbonyl (C=O) groups is 1. The van der Waals surface area contributed by atoms with Crippen molar-refractivity contribution in [2.24, 2.45) is 11.8 Å². The lowest BCUT2D eigenvalue weighted by Gasteiger charge is -2.19. The van der Waals surface area contributed by atoms with Gasteiger partial charge in [-0.15, -0.1) is 0 Å². The fourth-order valence-corrected chi connectivity index (χ4v) is 4.85. The summed E-state index contributed by atoms with van der Waals surface area (Å²) in [5.41, 5.74) is 2.23. The van der Waals surface area contributed by atoms with Gasteiger partial charge in [-0.1, -0.05) is 23.9 Å². The van der Waals surface area contributed by atoms with Crippen LogP contribution in [-0.4, -0.2) is 39.3 Å². The highest BCUT2D eigenvalue weighted by Gasteiger charge is 2.35. The lowest BCUT2D eigenvalue weighted by Crippen LogP contribution is -2.20. The van der Waals surface area contributed by atoms with Gasteiger partial charge < -0.3 is 18.9 Å². The maximum absolute atomic E-state index is 12.5. The van der Waals surface area contributed by atoms with Gasteiger partial charge in [0.25, 0.3) is 0 Å². The van der Waals surface area contributed by atoms with E-state index in [1.54, 1.807) is 28.4 Å². The van der Waals surface area contributed by atoms with Crippen molar-refractivity contribution in [3.63, 3.8) is 0 Å². The van der Waals surface area contributed by atoms with Crippen LogP contribution < -0.4 is 18.9 Å². The first-order valence-electron chi connectivity index (χ1n) is 9.18. The summed E-state index contributed by atoms with van der Waals surface area (Å²) < 4.78 is 21.4. The molecule has 0 N–H and O–H groups in total. The smallest absolute Gasteiger partial charge is 0.192 e. The Morgan fingerprint density at radius 1 is 0.786 bits per heavy atom. The van der Waals surface area contributed by atoms with Crippen LogP contribution in [-0.2, 0) is 17.6 Å². The maximum atomic E-state index is 12.5. The van der Waals surface area contributed by atoms with E-state index in [4.69, 9.17) is 18.9 Å². The second-order valence-corrected chi connectivity index (χ2v) is 7.81. The van der Waals surface area contributed by atoms with Gasteiger partial charge in [-0.05, 0) is 54.2 Å². The summed E-state index contributed by atoms with van der Waals surface area (Å²) in [5, 5.41) is 0.264. The standard InChI is InChI=1S/C22H26O5S/c1-24-18-7-5-14(11-20(18)26-3)9-16-13-28-22(23)17(16)10-15-6-8-19(25-2)21(12-15)27-4/h5-8,11-12,16-17H,9-10,13H2,1-4H3/t16-,17+/m1/s1. The number of hydrogen-bond acceptors (Lipinski definition) is 6. The Bertz CT molecular complexity index is 836. The summed E-state index contributed by atoms with van der Waals surface area (Å²) in [5.74, 6) is 3.92. The fraction of sp³-hybridized carbons (Fsp3) is 0.409. The topological polar surface area (TPSA) is 54.0 Å². The normalized spacial score (nSPS) is 18.8. The molecule has 0 saturated carbocycles. The van der Waals surface area contributed by atoms with Gasteiger partial charge in [-0.3, -0.25) is 4.79 Å². The van der Waals surface area contributed by atoms with Crippen LogP contribution in [0.1, 0.15) is 11.1 Å². The van der Waals surface area contributed by atoms with Gasteiger partial charge in [0.05, 0.1) is 28.4 Å². The number of ether oxygens (including phenoxy) is 4. The Labute approximate surface area is 170 Å². The number of carbonyl (C=O) groups excluding carboxylic acids is 1. The van der Waals surface area contributed by atoms with Crippen molar-refractivity contribution in [3.05, 3.63) is 47.5 Å². The van der Waals surface area contributed by atoms with Gasteiger partial charge in [0, 0.05) is 11.7 Å². The lowest BCUT2D eigenvalue weighted by molar-refractivity contribution is -0.114. The highest BCUT2D eigenvalue weighted by atomic mass is 32.2. The molecule has 1 aliphatic rings. The van der Waals surface area contributed by atoms with E-state index >= 15 is 0 Å². The van der Waals surface area contributed by atoms with Crippen molar-refractivity contribution in [1.29, 1.82) is 0 Å². The van der Waals surface area contributed by atoms with E-state index in [0.29, 0.717) is 29.4 Å². The van der Waals surface area contributed by atoms with Gasteiger partial charge in [0.1, 0.15) is 0 Å². The molecule has 0 bridgehead atoms. The monoisotopic (exact) mass is 402 g/mol. The second-order valence-electron chi connectivity index (χ2n) is 6.78. The van der Waals surface area contributed by atoms with Crippen molar-refractivity contribution >= 4 is 16.9 Å².